The molecule has 2 aromatic rings. The monoisotopic (exact) mass is 302 g/mol. The minimum absolute atomic E-state index is 0.0590. The minimum atomic E-state index is -2.97. The highest BCUT2D eigenvalue weighted by atomic mass is 35.5. The minimum Gasteiger partial charge on any atom is -0.303 e. The van der Waals surface area contributed by atoms with Crippen LogP contribution in [0.5, 0.6) is 0 Å². The Kier molecular flexibility index (Phi) is 2.86. The van der Waals surface area contributed by atoms with Gasteiger partial charge in [0, 0.05) is 6.04 Å². The van der Waals surface area contributed by atoms with Crippen LogP contribution < -0.4 is 5.69 Å². The van der Waals surface area contributed by atoms with Gasteiger partial charge in [0.15, 0.2) is 5.65 Å². The molecule has 3 rings (SSSR count). The lowest BCUT2D eigenvalue weighted by molar-refractivity contribution is 0.447. The quantitative estimate of drug-likeness (QED) is 0.775. The zero-order valence-corrected chi connectivity index (χ0v) is 11.4. The van der Waals surface area contributed by atoms with E-state index in [2.05, 4.69) is 15.0 Å². The van der Waals surface area contributed by atoms with Crippen molar-refractivity contribution in [2.45, 2.75) is 18.9 Å². The molecule has 0 unspecified atom stereocenters. The number of hydrogen-bond acceptors (Lipinski definition) is 5. The van der Waals surface area contributed by atoms with Crippen LogP contribution in [0.15, 0.2) is 11.0 Å². The number of rotatable bonds is 1. The molecule has 0 radical (unpaired) electrons. The molecule has 1 aliphatic heterocycles. The highest BCUT2D eigenvalue weighted by Gasteiger charge is 2.27. The predicted molar refractivity (Wildman–Crippen MR) is 70.1 cm³/mol. The van der Waals surface area contributed by atoms with Gasteiger partial charge in [-0.15, -0.1) is 0 Å². The number of imidazole rings is 1. The van der Waals surface area contributed by atoms with E-state index in [1.807, 2.05) is 0 Å². The lowest BCUT2D eigenvalue weighted by Crippen LogP contribution is -2.30. The number of aromatic amines is 1. The molecule has 1 N–H and O–H groups in total. The van der Waals surface area contributed by atoms with Gasteiger partial charge in [0.2, 0.25) is 5.28 Å². The van der Waals surface area contributed by atoms with E-state index in [1.165, 1.54) is 10.8 Å². The van der Waals surface area contributed by atoms with Gasteiger partial charge < -0.3 is 4.98 Å². The Morgan fingerprint density at radius 1 is 1.37 bits per heavy atom. The molecular weight excluding hydrogens is 292 g/mol. The van der Waals surface area contributed by atoms with Crippen LogP contribution in [0.3, 0.4) is 0 Å². The van der Waals surface area contributed by atoms with Gasteiger partial charge >= 0.3 is 5.69 Å². The Morgan fingerprint density at radius 2 is 2.05 bits per heavy atom. The molecule has 0 spiro atoms. The van der Waals surface area contributed by atoms with Gasteiger partial charge in [0.1, 0.15) is 15.4 Å². The summed E-state index contributed by atoms with van der Waals surface area (Å²) in [5.74, 6) is 0.186. The highest BCUT2D eigenvalue weighted by Crippen LogP contribution is 2.25. The fourth-order valence-electron chi connectivity index (χ4n) is 2.37. The number of H-pyrrole nitrogens is 1. The fraction of sp³-hybridized carbons (Fsp3) is 0.500. The average molecular weight is 303 g/mol. The van der Waals surface area contributed by atoms with Gasteiger partial charge in [-0.3, -0.25) is 4.57 Å². The first-order valence-electron chi connectivity index (χ1n) is 5.79. The third-order valence-corrected chi connectivity index (χ3v) is 5.21. The summed E-state index contributed by atoms with van der Waals surface area (Å²) in [6, 6.07) is -0.171. The van der Waals surface area contributed by atoms with E-state index in [0.717, 1.165) is 0 Å². The molecule has 2 aromatic heterocycles. The predicted octanol–water partition coefficient (Wildman–Crippen LogP) is 0.523. The molecule has 102 valence electrons. The normalized spacial score (nSPS) is 19.8. The second-order valence-corrected chi connectivity index (χ2v) is 7.20. The van der Waals surface area contributed by atoms with E-state index in [0.29, 0.717) is 24.0 Å². The lowest BCUT2D eigenvalue weighted by Gasteiger charge is -2.22. The molecule has 0 aliphatic carbocycles. The van der Waals surface area contributed by atoms with E-state index in [4.69, 9.17) is 11.6 Å². The third kappa shape index (κ3) is 2.25. The van der Waals surface area contributed by atoms with Gasteiger partial charge in [-0.1, -0.05) is 0 Å². The first-order chi connectivity index (χ1) is 8.96. The zero-order valence-electron chi connectivity index (χ0n) is 9.84. The number of nitrogens with zero attached hydrogens (tertiary/aromatic N) is 3. The van der Waals surface area contributed by atoms with Crippen LogP contribution in [-0.4, -0.2) is 39.4 Å². The third-order valence-electron chi connectivity index (χ3n) is 3.32. The van der Waals surface area contributed by atoms with E-state index < -0.39 is 9.84 Å². The van der Waals surface area contributed by atoms with Gasteiger partial charge in [0.25, 0.3) is 0 Å². The second-order valence-electron chi connectivity index (χ2n) is 4.56. The SMILES string of the molecule is O=c1[nH]c2cnc(Cl)nc2n1C1CCS(=O)(=O)CC1. The molecule has 9 heteroatoms. The maximum Gasteiger partial charge on any atom is 0.327 e. The van der Waals surface area contributed by atoms with Crippen LogP contribution in [0, 0.1) is 0 Å². The molecule has 0 aromatic carbocycles. The van der Waals surface area contributed by atoms with E-state index in [9.17, 15) is 13.2 Å². The van der Waals surface area contributed by atoms with Crippen molar-refractivity contribution in [1.29, 1.82) is 0 Å². The van der Waals surface area contributed by atoms with Crippen molar-refractivity contribution in [3.63, 3.8) is 0 Å². The number of fused-ring (bicyclic) bond motifs is 1. The maximum absolute atomic E-state index is 12.0. The average Bonchev–Trinajstić information content (AvgIpc) is 2.65. The Morgan fingerprint density at radius 3 is 2.74 bits per heavy atom. The summed E-state index contributed by atoms with van der Waals surface area (Å²) in [4.78, 5) is 22.5. The molecule has 1 saturated heterocycles. The Balaban J connectivity index is 2.08. The summed E-state index contributed by atoms with van der Waals surface area (Å²) in [6.07, 6.45) is 2.27. The largest absolute Gasteiger partial charge is 0.327 e. The Labute approximate surface area is 113 Å². The number of hydrogen-bond donors (Lipinski definition) is 1. The summed E-state index contributed by atoms with van der Waals surface area (Å²) < 4.78 is 24.3. The molecule has 7 nitrogen and oxygen atoms in total. The van der Waals surface area contributed by atoms with Gasteiger partial charge in [0.05, 0.1) is 17.7 Å². The molecule has 0 atom stereocenters. The molecule has 0 bridgehead atoms. The number of nitrogens with one attached hydrogen (secondary N) is 1. The second kappa shape index (κ2) is 4.31. The molecular formula is C10H11ClN4O3S. The van der Waals surface area contributed by atoms with Crippen LogP contribution in [0.1, 0.15) is 18.9 Å². The van der Waals surface area contributed by atoms with Gasteiger partial charge in [-0.05, 0) is 24.4 Å². The number of sulfone groups is 1. The van der Waals surface area contributed by atoms with Crippen molar-refractivity contribution < 1.29 is 8.42 Å². The molecule has 3 heterocycles. The van der Waals surface area contributed by atoms with E-state index in [1.54, 1.807) is 0 Å². The van der Waals surface area contributed by atoms with Gasteiger partial charge in [-0.25, -0.2) is 18.2 Å². The molecule has 0 amide bonds. The van der Waals surface area contributed by atoms with Crippen LogP contribution in [-0.2, 0) is 9.84 Å². The lowest BCUT2D eigenvalue weighted by atomic mass is 10.1. The molecule has 19 heavy (non-hydrogen) atoms. The van der Waals surface area contributed by atoms with Gasteiger partial charge in [-0.2, -0.15) is 4.98 Å². The number of aromatic nitrogens is 4. The van der Waals surface area contributed by atoms with Crippen LogP contribution >= 0.6 is 11.6 Å². The Bertz CT molecular complexity index is 781. The summed E-state index contributed by atoms with van der Waals surface area (Å²) in [7, 11) is -2.97. The topological polar surface area (TPSA) is 97.7 Å². The highest BCUT2D eigenvalue weighted by molar-refractivity contribution is 7.91. The zero-order chi connectivity index (χ0) is 13.6. The van der Waals surface area contributed by atoms with E-state index in [-0.39, 0.29) is 28.5 Å². The standard InChI is InChI=1S/C10H11ClN4O3S/c11-9-12-5-7-8(14-9)15(10(16)13-7)6-1-3-19(17,18)4-2-6/h5-6H,1-4H2,(H,13,16). The van der Waals surface area contributed by atoms with Crippen molar-refractivity contribution in [3.05, 3.63) is 22.0 Å². The Hall–Kier alpha value is -1.41. The summed E-state index contributed by atoms with van der Waals surface area (Å²) >= 11 is 5.74. The fourth-order valence-corrected chi connectivity index (χ4v) is 3.97. The molecule has 0 saturated carbocycles. The summed E-state index contributed by atoms with van der Waals surface area (Å²) in [6.45, 7) is 0. The van der Waals surface area contributed by atoms with E-state index >= 15 is 0 Å². The molecule has 1 fully saturated rings. The molecule has 1 aliphatic rings. The first kappa shape index (κ1) is 12.6. The van der Waals surface area contributed by atoms with Crippen molar-refractivity contribution in [2.75, 3.05) is 11.5 Å². The summed E-state index contributed by atoms with van der Waals surface area (Å²) in [5, 5.41) is 0.0590. The van der Waals surface area contributed by atoms with Crippen molar-refractivity contribution in [2.24, 2.45) is 0 Å². The number of halogens is 1. The maximum atomic E-state index is 12.0. The smallest absolute Gasteiger partial charge is 0.303 e. The van der Waals surface area contributed by atoms with Crippen molar-refractivity contribution >= 4 is 32.6 Å². The van der Waals surface area contributed by atoms with Crippen LogP contribution in [0.25, 0.3) is 11.2 Å². The van der Waals surface area contributed by atoms with Crippen LogP contribution in [0.2, 0.25) is 5.28 Å². The van der Waals surface area contributed by atoms with Crippen molar-refractivity contribution in [3.8, 4) is 0 Å². The first-order valence-corrected chi connectivity index (χ1v) is 7.99. The van der Waals surface area contributed by atoms with Crippen LogP contribution in [0.4, 0.5) is 0 Å². The summed E-state index contributed by atoms with van der Waals surface area (Å²) in [5.41, 5.74) is 0.619. The van der Waals surface area contributed by atoms with Crippen molar-refractivity contribution in [1.82, 2.24) is 19.5 Å².